The Balaban J connectivity index is 2.82. The van der Waals surface area contributed by atoms with Crippen LogP contribution in [0.1, 0.15) is 125 Å². The summed E-state index contributed by atoms with van der Waals surface area (Å²) in [6.45, 7) is 12.9. The minimum absolute atomic E-state index is 0.0386. The van der Waals surface area contributed by atoms with Gasteiger partial charge in [-0.25, -0.2) is 0 Å². The van der Waals surface area contributed by atoms with Gasteiger partial charge in [-0.05, 0) is 83.0 Å². The van der Waals surface area contributed by atoms with E-state index < -0.39 is 58.5 Å². The van der Waals surface area contributed by atoms with E-state index in [-0.39, 0.29) is 33.6 Å². The molecule has 4 N–H and O–H groups in total. The third kappa shape index (κ3) is 5.39. The summed E-state index contributed by atoms with van der Waals surface area (Å²) in [4.78, 5) is 0. The van der Waals surface area contributed by atoms with E-state index in [4.69, 9.17) is 11.5 Å². The minimum atomic E-state index is -6.49. The standard InChI is InChI=1S/C30H40F8N2/c1-9-17(7)23-13-19(11-21(15(3)4)25(23)39)27(31,32)29(35,36)30(37,38)28(33,34)20-12-22(16(5)6)26(40)24(14-20)18(8)10-2/h11-18H,9-10,39-40H2,1-8H3. The predicted molar refractivity (Wildman–Crippen MR) is 145 cm³/mol. The molecule has 0 aliphatic heterocycles. The molecule has 2 aromatic carbocycles. The Morgan fingerprint density at radius 2 is 0.775 bits per heavy atom. The smallest absolute Gasteiger partial charge is 0.382 e. The first-order valence-corrected chi connectivity index (χ1v) is 13.5. The molecule has 2 rings (SSSR count). The maximum absolute atomic E-state index is 15.5. The summed E-state index contributed by atoms with van der Waals surface area (Å²) in [5.41, 5.74) is 9.56. The number of halogens is 8. The summed E-state index contributed by atoms with van der Waals surface area (Å²) in [5.74, 6) is -26.3. The van der Waals surface area contributed by atoms with Gasteiger partial charge in [0, 0.05) is 22.5 Å². The number of nitrogen functional groups attached to an aromatic ring is 2. The van der Waals surface area contributed by atoms with E-state index in [9.17, 15) is 0 Å². The van der Waals surface area contributed by atoms with Crippen LogP contribution in [0.2, 0.25) is 0 Å². The molecule has 0 aliphatic carbocycles. The van der Waals surface area contributed by atoms with Crippen molar-refractivity contribution in [3.05, 3.63) is 57.6 Å². The van der Waals surface area contributed by atoms with E-state index in [1.165, 1.54) is 0 Å². The zero-order valence-electron chi connectivity index (χ0n) is 24.2. The van der Waals surface area contributed by atoms with Crippen LogP contribution in [0, 0.1) is 0 Å². The Kier molecular flexibility index (Phi) is 9.60. The van der Waals surface area contributed by atoms with E-state index in [0.717, 1.165) is 0 Å². The molecule has 226 valence electrons. The Morgan fingerprint density at radius 1 is 0.525 bits per heavy atom. The van der Waals surface area contributed by atoms with Crippen molar-refractivity contribution in [2.24, 2.45) is 0 Å². The molecule has 0 heterocycles. The van der Waals surface area contributed by atoms with E-state index in [2.05, 4.69) is 0 Å². The fraction of sp³-hybridized carbons (Fsp3) is 0.600. The zero-order valence-corrected chi connectivity index (χ0v) is 24.2. The molecule has 0 spiro atoms. The van der Waals surface area contributed by atoms with Crippen molar-refractivity contribution in [1.82, 2.24) is 0 Å². The van der Waals surface area contributed by atoms with Gasteiger partial charge < -0.3 is 11.5 Å². The first-order chi connectivity index (χ1) is 18.1. The van der Waals surface area contributed by atoms with Gasteiger partial charge in [0.05, 0.1) is 0 Å². The Labute approximate surface area is 231 Å². The van der Waals surface area contributed by atoms with E-state index in [1.54, 1.807) is 55.4 Å². The van der Waals surface area contributed by atoms with Crippen LogP contribution in [0.25, 0.3) is 0 Å². The largest absolute Gasteiger partial charge is 0.398 e. The van der Waals surface area contributed by atoms with E-state index >= 15 is 35.1 Å². The fourth-order valence-corrected chi connectivity index (χ4v) is 4.73. The average molecular weight is 581 g/mol. The molecule has 2 atom stereocenters. The highest BCUT2D eigenvalue weighted by Gasteiger charge is 2.81. The molecule has 0 bridgehead atoms. The number of hydrogen-bond donors (Lipinski definition) is 2. The topological polar surface area (TPSA) is 52.0 Å². The second-order valence-electron chi connectivity index (χ2n) is 11.4. The van der Waals surface area contributed by atoms with Crippen molar-refractivity contribution < 1.29 is 35.1 Å². The normalized spacial score (nSPS) is 15.2. The first-order valence-electron chi connectivity index (χ1n) is 13.5. The third-order valence-electron chi connectivity index (χ3n) is 7.93. The SMILES string of the molecule is CCC(C)c1cc(C(F)(F)C(F)(F)C(F)(F)C(F)(F)c2cc(C(C)C)c(N)c(C(C)CC)c2)cc(C(C)C)c1N. The number of rotatable bonds is 11. The van der Waals surface area contributed by atoms with Crippen LogP contribution in [0.3, 0.4) is 0 Å². The Morgan fingerprint density at radius 3 is 1.00 bits per heavy atom. The molecule has 40 heavy (non-hydrogen) atoms. The van der Waals surface area contributed by atoms with Crippen LogP contribution in [-0.4, -0.2) is 11.8 Å². The highest BCUT2D eigenvalue weighted by molar-refractivity contribution is 5.60. The van der Waals surface area contributed by atoms with Gasteiger partial charge in [0.25, 0.3) is 0 Å². The molecule has 2 aromatic rings. The maximum Gasteiger partial charge on any atom is 0.382 e. The molecule has 0 radical (unpaired) electrons. The molecule has 0 saturated heterocycles. The fourth-order valence-electron chi connectivity index (χ4n) is 4.73. The van der Waals surface area contributed by atoms with Crippen LogP contribution in [0.15, 0.2) is 24.3 Å². The van der Waals surface area contributed by atoms with Gasteiger partial charge in [-0.15, -0.1) is 0 Å². The van der Waals surface area contributed by atoms with E-state index in [0.29, 0.717) is 37.1 Å². The molecule has 0 fully saturated rings. The predicted octanol–water partition coefficient (Wildman–Crippen LogP) is 10.3. The first kappa shape index (κ1) is 33.7. The number of anilines is 2. The van der Waals surface area contributed by atoms with Gasteiger partial charge in [0.1, 0.15) is 0 Å². The van der Waals surface area contributed by atoms with Crippen LogP contribution < -0.4 is 11.5 Å². The van der Waals surface area contributed by atoms with Crippen molar-refractivity contribution >= 4 is 11.4 Å². The van der Waals surface area contributed by atoms with Crippen molar-refractivity contribution in [3.63, 3.8) is 0 Å². The lowest BCUT2D eigenvalue weighted by Crippen LogP contribution is -2.59. The number of alkyl halides is 8. The quantitative estimate of drug-likeness (QED) is 0.205. The van der Waals surface area contributed by atoms with Crippen molar-refractivity contribution in [2.45, 2.75) is 116 Å². The van der Waals surface area contributed by atoms with Crippen molar-refractivity contribution in [1.29, 1.82) is 0 Å². The summed E-state index contributed by atoms with van der Waals surface area (Å²) < 4.78 is 123. The molecule has 2 nitrogen and oxygen atoms in total. The third-order valence-corrected chi connectivity index (χ3v) is 7.93. The molecule has 0 aromatic heterocycles. The lowest BCUT2D eigenvalue weighted by atomic mass is 9.83. The van der Waals surface area contributed by atoms with Gasteiger partial charge in [-0.1, -0.05) is 55.4 Å². The lowest BCUT2D eigenvalue weighted by molar-refractivity contribution is -0.374. The molecule has 0 amide bonds. The average Bonchev–Trinajstić information content (AvgIpc) is 2.86. The van der Waals surface area contributed by atoms with Crippen molar-refractivity contribution in [3.8, 4) is 0 Å². The van der Waals surface area contributed by atoms with Gasteiger partial charge in [-0.2, -0.15) is 35.1 Å². The summed E-state index contributed by atoms with van der Waals surface area (Å²) in [6.07, 6.45) is 0.768. The lowest BCUT2D eigenvalue weighted by Gasteiger charge is -2.38. The van der Waals surface area contributed by atoms with Gasteiger partial charge in [0.2, 0.25) is 0 Å². The van der Waals surface area contributed by atoms with Crippen molar-refractivity contribution in [2.75, 3.05) is 11.5 Å². The Bertz CT molecular complexity index is 1110. The maximum atomic E-state index is 15.5. The molecular weight excluding hydrogens is 540 g/mol. The molecule has 0 saturated carbocycles. The number of nitrogens with two attached hydrogens (primary N) is 2. The summed E-state index contributed by atoms with van der Waals surface area (Å²) in [6, 6.07) is 2.46. The molecule has 0 aliphatic rings. The van der Waals surface area contributed by atoms with Crippen LogP contribution in [0.5, 0.6) is 0 Å². The summed E-state index contributed by atoms with van der Waals surface area (Å²) >= 11 is 0. The minimum Gasteiger partial charge on any atom is -0.398 e. The van der Waals surface area contributed by atoms with Crippen LogP contribution >= 0.6 is 0 Å². The summed E-state index contributed by atoms with van der Waals surface area (Å²) in [7, 11) is 0. The second-order valence-corrected chi connectivity index (χ2v) is 11.4. The van der Waals surface area contributed by atoms with Crippen LogP contribution in [-0.2, 0) is 11.8 Å². The van der Waals surface area contributed by atoms with Gasteiger partial charge in [0.15, 0.2) is 0 Å². The van der Waals surface area contributed by atoms with Gasteiger partial charge in [-0.3, -0.25) is 0 Å². The molecule has 2 unspecified atom stereocenters. The summed E-state index contributed by atoms with van der Waals surface area (Å²) in [5, 5.41) is 0. The van der Waals surface area contributed by atoms with Crippen LogP contribution in [0.4, 0.5) is 46.5 Å². The monoisotopic (exact) mass is 580 g/mol. The second kappa shape index (κ2) is 11.4. The highest BCUT2D eigenvalue weighted by Crippen LogP contribution is 2.60. The number of benzene rings is 2. The molecule has 10 heteroatoms. The highest BCUT2D eigenvalue weighted by atomic mass is 19.4. The zero-order chi connectivity index (χ0) is 31.2. The number of hydrogen-bond acceptors (Lipinski definition) is 2. The Hall–Kier alpha value is -2.52. The molecular formula is C30H40F8N2. The van der Waals surface area contributed by atoms with E-state index in [1.807, 2.05) is 0 Å². The van der Waals surface area contributed by atoms with Gasteiger partial charge >= 0.3 is 23.7 Å².